The van der Waals surface area contributed by atoms with Gasteiger partial charge in [-0.25, -0.2) is 0 Å². The molecule has 0 bridgehead atoms. The highest BCUT2D eigenvalue weighted by Crippen LogP contribution is 2.26. The van der Waals surface area contributed by atoms with Crippen molar-refractivity contribution >= 4 is 0 Å². The van der Waals surface area contributed by atoms with Gasteiger partial charge in [-0.3, -0.25) is 0 Å². The first kappa shape index (κ1) is 15.5. The van der Waals surface area contributed by atoms with E-state index in [9.17, 15) is 5.11 Å². The quantitative estimate of drug-likeness (QED) is 0.800. The molecule has 1 aromatic carbocycles. The Hall–Kier alpha value is -0.900. The van der Waals surface area contributed by atoms with E-state index >= 15 is 0 Å². The van der Waals surface area contributed by atoms with Crippen LogP contribution in [-0.2, 0) is 0 Å². The molecule has 1 aliphatic heterocycles. The van der Waals surface area contributed by atoms with Crippen LogP contribution in [0, 0.1) is 5.92 Å². The van der Waals surface area contributed by atoms with E-state index in [-0.39, 0.29) is 6.10 Å². The van der Waals surface area contributed by atoms with E-state index in [0.717, 1.165) is 26.2 Å². The molecule has 3 nitrogen and oxygen atoms in total. The van der Waals surface area contributed by atoms with Gasteiger partial charge < -0.3 is 15.3 Å². The molecule has 0 aromatic heterocycles. The third-order valence-electron chi connectivity index (χ3n) is 3.94. The van der Waals surface area contributed by atoms with Crippen LogP contribution in [-0.4, -0.2) is 48.8 Å². The second-order valence-corrected chi connectivity index (χ2v) is 6.36. The van der Waals surface area contributed by atoms with E-state index in [1.165, 1.54) is 12.0 Å². The summed E-state index contributed by atoms with van der Waals surface area (Å²) < 4.78 is 0. The molecule has 2 rings (SSSR count). The lowest BCUT2D eigenvalue weighted by molar-refractivity contribution is 0.122. The Morgan fingerprint density at radius 2 is 2.00 bits per heavy atom. The number of nitrogens with zero attached hydrogens (tertiary/aromatic N) is 1. The zero-order valence-corrected chi connectivity index (χ0v) is 12.8. The van der Waals surface area contributed by atoms with Crippen LogP contribution in [0.15, 0.2) is 30.3 Å². The number of hydrogen-bond donors (Lipinski definition) is 2. The van der Waals surface area contributed by atoms with Gasteiger partial charge in [0.2, 0.25) is 0 Å². The molecule has 3 heteroatoms. The summed E-state index contributed by atoms with van der Waals surface area (Å²) in [5.74, 6) is 1.27. The third kappa shape index (κ3) is 4.89. The molecule has 2 unspecified atom stereocenters. The maximum absolute atomic E-state index is 10.1. The molecule has 0 saturated carbocycles. The Bertz CT molecular complexity index is 380. The normalized spacial score (nSPS) is 21.5. The maximum atomic E-state index is 10.1. The topological polar surface area (TPSA) is 35.5 Å². The summed E-state index contributed by atoms with van der Waals surface area (Å²) in [7, 11) is 0. The first-order valence-corrected chi connectivity index (χ1v) is 7.81. The van der Waals surface area contributed by atoms with Crippen molar-refractivity contribution in [2.24, 2.45) is 5.92 Å². The predicted molar refractivity (Wildman–Crippen MR) is 84.0 cm³/mol. The largest absolute Gasteiger partial charge is 0.390 e. The molecular formula is C17H28N2O. The highest BCUT2D eigenvalue weighted by atomic mass is 16.3. The summed E-state index contributed by atoms with van der Waals surface area (Å²) in [6.07, 6.45) is 0.944. The van der Waals surface area contributed by atoms with Crippen LogP contribution in [0.1, 0.15) is 31.7 Å². The molecule has 1 saturated heterocycles. The highest BCUT2D eigenvalue weighted by Gasteiger charge is 2.24. The number of likely N-dealkylation sites (tertiary alicyclic amines) is 1. The van der Waals surface area contributed by atoms with E-state index in [2.05, 4.69) is 54.4 Å². The van der Waals surface area contributed by atoms with Crippen molar-refractivity contribution in [3.05, 3.63) is 35.9 Å². The summed E-state index contributed by atoms with van der Waals surface area (Å²) in [5, 5.41) is 13.4. The fourth-order valence-electron chi connectivity index (χ4n) is 2.90. The second-order valence-electron chi connectivity index (χ2n) is 6.36. The number of aliphatic hydroxyl groups is 1. The molecular weight excluding hydrogens is 248 g/mol. The monoisotopic (exact) mass is 276 g/mol. The average Bonchev–Trinajstić information content (AvgIpc) is 2.88. The lowest BCUT2D eigenvalue weighted by atomic mass is 9.99. The van der Waals surface area contributed by atoms with Gasteiger partial charge in [0.25, 0.3) is 0 Å². The molecule has 0 spiro atoms. The Morgan fingerprint density at radius 3 is 2.70 bits per heavy atom. The Kier molecular flexibility index (Phi) is 6.02. The van der Waals surface area contributed by atoms with Gasteiger partial charge in [0.1, 0.15) is 0 Å². The molecule has 20 heavy (non-hydrogen) atoms. The third-order valence-corrected chi connectivity index (χ3v) is 3.94. The van der Waals surface area contributed by atoms with Gasteiger partial charge in [0.15, 0.2) is 0 Å². The van der Waals surface area contributed by atoms with Crippen molar-refractivity contribution < 1.29 is 5.11 Å². The summed E-state index contributed by atoms with van der Waals surface area (Å²) in [6, 6.07) is 10.7. The average molecular weight is 276 g/mol. The van der Waals surface area contributed by atoms with E-state index in [1.54, 1.807) is 0 Å². The number of rotatable bonds is 7. The number of benzene rings is 1. The van der Waals surface area contributed by atoms with E-state index in [0.29, 0.717) is 18.4 Å². The standard InChI is InChI=1S/C17H28N2O/c1-14(2)10-18-11-17(20)13-19-9-8-16(12-19)15-6-4-3-5-7-15/h3-7,14,16-18,20H,8-13H2,1-2H3. The summed E-state index contributed by atoms with van der Waals surface area (Å²) in [4.78, 5) is 2.39. The van der Waals surface area contributed by atoms with Crippen LogP contribution in [0.4, 0.5) is 0 Å². The van der Waals surface area contributed by atoms with Gasteiger partial charge in [-0.05, 0) is 36.9 Å². The summed E-state index contributed by atoms with van der Waals surface area (Å²) >= 11 is 0. The molecule has 1 fully saturated rings. The molecule has 2 N–H and O–H groups in total. The van der Waals surface area contributed by atoms with Crippen molar-refractivity contribution in [1.29, 1.82) is 0 Å². The lowest BCUT2D eigenvalue weighted by Crippen LogP contribution is -2.38. The zero-order chi connectivity index (χ0) is 14.4. The Morgan fingerprint density at radius 1 is 1.25 bits per heavy atom. The van der Waals surface area contributed by atoms with Crippen LogP contribution in [0.2, 0.25) is 0 Å². The highest BCUT2D eigenvalue weighted by molar-refractivity contribution is 5.20. The van der Waals surface area contributed by atoms with Crippen LogP contribution in [0.3, 0.4) is 0 Å². The number of aliphatic hydroxyl groups excluding tert-OH is 1. The van der Waals surface area contributed by atoms with Crippen LogP contribution in [0.5, 0.6) is 0 Å². The van der Waals surface area contributed by atoms with Gasteiger partial charge in [0, 0.05) is 19.6 Å². The molecule has 1 aliphatic rings. The molecule has 0 radical (unpaired) electrons. The van der Waals surface area contributed by atoms with Gasteiger partial charge in [0.05, 0.1) is 6.10 Å². The number of nitrogens with one attached hydrogen (secondary N) is 1. The zero-order valence-electron chi connectivity index (χ0n) is 12.8. The summed E-state index contributed by atoms with van der Waals surface area (Å²) in [6.45, 7) is 9.00. The Balaban J connectivity index is 1.70. The predicted octanol–water partition coefficient (Wildman–Crippen LogP) is 2.08. The van der Waals surface area contributed by atoms with Crippen molar-refractivity contribution in [2.45, 2.75) is 32.3 Å². The van der Waals surface area contributed by atoms with E-state index < -0.39 is 0 Å². The van der Waals surface area contributed by atoms with Crippen LogP contribution < -0.4 is 5.32 Å². The van der Waals surface area contributed by atoms with Gasteiger partial charge in [-0.15, -0.1) is 0 Å². The number of hydrogen-bond acceptors (Lipinski definition) is 3. The molecule has 0 amide bonds. The molecule has 112 valence electrons. The van der Waals surface area contributed by atoms with E-state index in [1.807, 2.05) is 0 Å². The van der Waals surface area contributed by atoms with Crippen molar-refractivity contribution in [3.63, 3.8) is 0 Å². The number of β-amino-alcohol motifs (C(OH)–C–C–N with tert-alkyl or cyclic N) is 1. The van der Waals surface area contributed by atoms with E-state index in [4.69, 9.17) is 0 Å². The van der Waals surface area contributed by atoms with Crippen molar-refractivity contribution in [3.8, 4) is 0 Å². The van der Waals surface area contributed by atoms with Crippen molar-refractivity contribution in [2.75, 3.05) is 32.7 Å². The fraction of sp³-hybridized carbons (Fsp3) is 0.647. The minimum Gasteiger partial charge on any atom is -0.390 e. The van der Waals surface area contributed by atoms with Gasteiger partial charge in [-0.1, -0.05) is 44.2 Å². The molecule has 1 aromatic rings. The van der Waals surface area contributed by atoms with Crippen molar-refractivity contribution in [1.82, 2.24) is 10.2 Å². The minimum atomic E-state index is -0.261. The molecule has 2 atom stereocenters. The Labute approximate surface area is 123 Å². The van der Waals surface area contributed by atoms with Crippen LogP contribution >= 0.6 is 0 Å². The molecule has 1 heterocycles. The second kappa shape index (κ2) is 7.77. The first-order chi connectivity index (χ1) is 9.65. The van der Waals surface area contributed by atoms with Crippen LogP contribution in [0.25, 0.3) is 0 Å². The van der Waals surface area contributed by atoms with Gasteiger partial charge >= 0.3 is 0 Å². The smallest absolute Gasteiger partial charge is 0.0791 e. The summed E-state index contributed by atoms with van der Waals surface area (Å²) in [5.41, 5.74) is 1.43. The lowest BCUT2D eigenvalue weighted by Gasteiger charge is -2.21. The first-order valence-electron chi connectivity index (χ1n) is 7.81. The SMILES string of the molecule is CC(C)CNCC(O)CN1CCC(c2ccccc2)C1. The maximum Gasteiger partial charge on any atom is 0.0791 e. The van der Waals surface area contributed by atoms with Gasteiger partial charge in [-0.2, -0.15) is 0 Å². The minimum absolute atomic E-state index is 0.261. The molecule has 0 aliphatic carbocycles. The fourth-order valence-corrected chi connectivity index (χ4v) is 2.90.